The highest BCUT2D eigenvalue weighted by Crippen LogP contribution is 2.18. The van der Waals surface area contributed by atoms with Gasteiger partial charge in [-0.2, -0.15) is 0 Å². The molecule has 20 heavy (non-hydrogen) atoms. The first-order valence-electron chi connectivity index (χ1n) is 7.12. The number of rotatable bonds is 7. The quantitative estimate of drug-likeness (QED) is 0.540. The number of hydrogen-bond acceptors (Lipinski definition) is 2. The van der Waals surface area contributed by atoms with E-state index in [0.29, 0.717) is 0 Å². The Bertz CT molecular complexity index is 295. The van der Waals surface area contributed by atoms with Gasteiger partial charge in [0.15, 0.2) is 0 Å². The maximum Gasteiger partial charge on any atom is 0.314 e. The van der Waals surface area contributed by atoms with E-state index < -0.39 is 0 Å². The number of unbranched alkanes of at least 4 members (excludes halogenated alkanes) is 1. The zero-order valence-electron chi connectivity index (χ0n) is 13.6. The minimum absolute atomic E-state index is 0.156. The fraction of sp³-hybridized carbons (Fsp3) is 0.857. The molecule has 0 bridgehead atoms. The SMILES string of the molecule is CNC(=O)NC(C)(C)CCCCC(C)(C)NC(=O)NC. The van der Waals surface area contributed by atoms with Crippen LogP contribution in [0.4, 0.5) is 9.59 Å². The average molecular weight is 286 g/mol. The van der Waals surface area contributed by atoms with Gasteiger partial charge in [0.1, 0.15) is 0 Å². The highest BCUT2D eigenvalue weighted by Gasteiger charge is 2.22. The van der Waals surface area contributed by atoms with Gasteiger partial charge in [0.05, 0.1) is 0 Å². The van der Waals surface area contributed by atoms with Crippen LogP contribution in [0.3, 0.4) is 0 Å². The highest BCUT2D eigenvalue weighted by molar-refractivity contribution is 5.74. The fourth-order valence-electron chi connectivity index (χ4n) is 2.00. The molecule has 0 spiro atoms. The molecule has 0 rings (SSSR count). The van der Waals surface area contributed by atoms with Gasteiger partial charge in [-0.25, -0.2) is 9.59 Å². The minimum Gasteiger partial charge on any atom is -0.341 e. The average Bonchev–Trinajstić information content (AvgIpc) is 2.33. The van der Waals surface area contributed by atoms with E-state index in [-0.39, 0.29) is 23.1 Å². The van der Waals surface area contributed by atoms with E-state index in [4.69, 9.17) is 0 Å². The Hall–Kier alpha value is -1.46. The third-order valence-corrected chi connectivity index (χ3v) is 3.21. The molecule has 0 aliphatic rings. The van der Waals surface area contributed by atoms with Crippen molar-refractivity contribution in [2.75, 3.05) is 14.1 Å². The lowest BCUT2D eigenvalue weighted by Gasteiger charge is -2.28. The zero-order chi connectivity index (χ0) is 15.8. The van der Waals surface area contributed by atoms with Crippen LogP contribution in [-0.4, -0.2) is 37.2 Å². The van der Waals surface area contributed by atoms with Crippen molar-refractivity contribution in [2.24, 2.45) is 0 Å². The molecule has 0 saturated heterocycles. The summed E-state index contributed by atoms with van der Waals surface area (Å²) < 4.78 is 0. The summed E-state index contributed by atoms with van der Waals surface area (Å²) in [6.45, 7) is 8.04. The molecule has 0 heterocycles. The standard InChI is InChI=1S/C14H30N4O2/c1-13(2,17-11(19)15-5)9-7-8-10-14(3,4)18-12(20)16-6/h7-10H2,1-6H3,(H2,15,17,19)(H2,16,18,20). The lowest BCUT2D eigenvalue weighted by atomic mass is 9.92. The highest BCUT2D eigenvalue weighted by atomic mass is 16.2. The Morgan fingerprint density at radius 2 is 1.05 bits per heavy atom. The monoisotopic (exact) mass is 286 g/mol. The largest absolute Gasteiger partial charge is 0.341 e. The molecule has 0 aliphatic carbocycles. The summed E-state index contributed by atoms with van der Waals surface area (Å²) in [7, 11) is 3.22. The molecule has 0 aromatic rings. The van der Waals surface area contributed by atoms with Crippen molar-refractivity contribution in [3.8, 4) is 0 Å². The number of carbonyl (C=O) groups is 2. The van der Waals surface area contributed by atoms with Gasteiger partial charge in [-0.1, -0.05) is 12.8 Å². The van der Waals surface area contributed by atoms with E-state index in [0.717, 1.165) is 25.7 Å². The van der Waals surface area contributed by atoms with Crippen LogP contribution < -0.4 is 21.3 Å². The van der Waals surface area contributed by atoms with Crippen LogP contribution in [-0.2, 0) is 0 Å². The van der Waals surface area contributed by atoms with Crippen molar-refractivity contribution < 1.29 is 9.59 Å². The van der Waals surface area contributed by atoms with E-state index in [1.54, 1.807) is 14.1 Å². The topological polar surface area (TPSA) is 82.3 Å². The maximum atomic E-state index is 11.3. The smallest absolute Gasteiger partial charge is 0.314 e. The minimum atomic E-state index is -0.224. The molecule has 4 amide bonds. The Morgan fingerprint density at radius 3 is 1.30 bits per heavy atom. The second kappa shape index (κ2) is 7.97. The summed E-state index contributed by atoms with van der Waals surface area (Å²) in [6, 6.07) is -0.312. The molecule has 6 nitrogen and oxygen atoms in total. The lowest BCUT2D eigenvalue weighted by molar-refractivity contribution is 0.224. The van der Waals surface area contributed by atoms with Crippen molar-refractivity contribution in [1.82, 2.24) is 21.3 Å². The molecule has 0 saturated carbocycles. The number of carbonyl (C=O) groups excluding carboxylic acids is 2. The first kappa shape index (κ1) is 18.5. The van der Waals surface area contributed by atoms with Gasteiger partial charge in [0.2, 0.25) is 0 Å². The predicted octanol–water partition coefficient (Wildman–Crippen LogP) is 1.96. The second-order valence-electron chi connectivity index (χ2n) is 6.38. The van der Waals surface area contributed by atoms with Crippen LogP contribution in [0.5, 0.6) is 0 Å². The normalized spacial score (nSPS) is 11.7. The van der Waals surface area contributed by atoms with Crippen molar-refractivity contribution in [3.05, 3.63) is 0 Å². The van der Waals surface area contributed by atoms with E-state index in [9.17, 15) is 9.59 Å². The lowest BCUT2D eigenvalue weighted by Crippen LogP contribution is -2.48. The van der Waals surface area contributed by atoms with Crippen LogP contribution >= 0.6 is 0 Å². The molecule has 6 heteroatoms. The van der Waals surface area contributed by atoms with Crippen LogP contribution in [0, 0.1) is 0 Å². The van der Waals surface area contributed by atoms with Crippen molar-refractivity contribution >= 4 is 12.1 Å². The summed E-state index contributed by atoms with van der Waals surface area (Å²) in [6.07, 6.45) is 3.79. The summed E-state index contributed by atoms with van der Waals surface area (Å²) in [5.74, 6) is 0. The molecule has 0 atom stereocenters. The summed E-state index contributed by atoms with van der Waals surface area (Å²) in [4.78, 5) is 22.6. The van der Waals surface area contributed by atoms with Gasteiger partial charge < -0.3 is 21.3 Å². The fourth-order valence-corrected chi connectivity index (χ4v) is 2.00. The molecule has 0 radical (unpaired) electrons. The number of urea groups is 2. The molecule has 0 aromatic heterocycles. The Kier molecular flexibility index (Phi) is 7.39. The van der Waals surface area contributed by atoms with E-state index in [1.807, 2.05) is 27.7 Å². The number of nitrogens with one attached hydrogen (secondary N) is 4. The van der Waals surface area contributed by atoms with Gasteiger partial charge in [-0.3, -0.25) is 0 Å². The van der Waals surface area contributed by atoms with Crippen LogP contribution in [0.25, 0.3) is 0 Å². The summed E-state index contributed by atoms with van der Waals surface area (Å²) >= 11 is 0. The van der Waals surface area contributed by atoms with Gasteiger partial charge >= 0.3 is 12.1 Å². The number of hydrogen-bond donors (Lipinski definition) is 4. The zero-order valence-corrected chi connectivity index (χ0v) is 13.6. The van der Waals surface area contributed by atoms with E-state index in [1.165, 1.54) is 0 Å². The Labute approximate surface area is 122 Å². The van der Waals surface area contributed by atoms with Crippen molar-refractivity contribution in [3.63, 3.8) is 0 Å². The molecular weight excluding hydrogens is 256 g/mol. The van der Waals surface area contributed by atoms with Gasteiger partial charge in [-0.15, -0.1) is 0 Å². The predicted molar refractivity (Wildman–Crippen MR) is 81.8 cm³/mol. The summed E-state index contributed by atoms with van der Waals surface area (Å²) in [5.41, 5.74) is -0.448. The van der Waals surface area contributed by atoms with Crippen LogP contribution in [0.15, 0.2) is 0 Å². The first-order chi connectivity index (χ1) is 9.12. The van der Waals surface area contributed by atoms with Crippen molar-refractivity contribution in [1.29, 1.82) is 0 Å². The molecule has 0 aliphatic heterocycles. The molecule has 0 unspecified atom stereocenters. The molecule has 4 N–H and O–H groups in total. The first-order valence-corrected chi connectivity index (χ1v) is 7.12. The van der Waals surface area contributed by atoms with E-state index >= 15 is 0 Å². The summed E-state index contributed by atoms with van der Waals surface area (Å²) in [5, 5.41) is 10.9. The van der Waals surface area contributed by atoms with E-state index in [2.05, 4.69) is 21.3 Å². The van der Waals surface area contributed by atoms with Crippen molar-refractivity contribution in [2.45, 2.75) is 64.5 Å². The Balaban J connectivity index is 4.00. The number of amides is 4. The molecule has 0 aromatic carbocycles. The molecule has 0 fully saturated rings. The second-order valence-corrected chi connectivity index (χ2v) is 6.38. The maximum absolute atomic E-state index is 11.3. The molecule has 118 valence electrons. The van der Waals surface area contributed by atoms with Gasteiger partial charge in [0.25, 0.3) is 0 Å². The van der Waals surface area contributed by atoms with Gasteiger partial charge in [-0.05, 0) is 40.5 Å². The Morgan fingerprint density at radius 1 is 0.750 bits per heavy atom. The molecular formula is C14H30N4O2. The van der Waals surface area contributed by atoms with Gasteiger partial charge in [0, 0.05) is 25.2 Å². The third-order valence-electron chi connectivity index (χ3n) is 3.21. The van der Waals surface area contributed by atoms with Crippen LogP contribution in [0.1, 0.15) is 53.4 Å². The van der Waals surface area contributed by atoms with Crippen LogP contribution in [0.2, 0.25) is 0 Å². The third kappa shape index (κ3) is 8.61.